The molecule has 0 saturated heterocycles. The second-order valence-electron chi connectivity index (χ2n) is 3.89. The number of likely N-dealkylation sites (N-methyl/N-ethyl adjacent to an activating group) is 1. The van der Waals surface area contributed by atoms with Gasteiger partial charge in [-0.2, -0.15) is 0 Å². The number of benzene rings is 1. The van der Waals surface area contributed by atoms with Crippen LogP contribution in [-0.4, -0.2) is 38.6 Å². The molecule has 0 bridgehead atoms. The Balaban J connectivity index is 2.91. The summed E-state index contributed by atoms with van der Waals surface area (Å²) in [4.78, 5) is 13.6. The number of esters is 1. The molecule has 0 aliphatic carbocycles. The predicted octanol–water partition coefficient (Wildman–Crippen LogP) is 2.27. The lowest BCUT2D eigenvalue weighted by Gasteiger charge is -2.19. The highest BCUT2D eigenvalue weighted by atomic mass is 79.9. The molecule has 3 nitrogen and oxygen atoms in total. The zero-order valence-electron chi connectivity index (χ0n) is 9.74. The van der Waals surface area contributed by atoms with E-state index >= 15 is 0 Å². The van der Waals surface area contributed by atoms with Gasteiger partial charge in [-0.3, -0.25) is 4.79 Å². The third-order valence-electron chi connectivity index (χ3n) is 2.31. The van der Waals surface area contributed by atoms with E-state index in [1.807, 2.05) is 43.3 Å². The van der Waals surface area contributed by atoms with Crippen molar-refractivity contribution in [1.82, 2.24) is 4.90 Å². The van der Waals surface area contributed by atoms with Crippen molar-refractivity contribution in [3.05, 3.63) is 34.3 Å². The van der Waals surface area contributed by atoms with Crippen LogP contribution in [-0.2, 0) is 9.53 Å². The van der Waals surface area contributed by atoms with Gasteiger partial charge in [-0.25, -0.2) is 0 Å². The van der Waals surface area contributed by atoms with Crippen LogP contribution in [0.1, 0.15) is 11.5 Å². The van der Waals surface area contributed by atoms with Crippen LogP contribution in [0.2, 0.25) is 0 Å². The SMILES string of the molecule is COC(=O)C(CN(C)C)c1ccc(Br)cc1. The summed E-state index contributed by atoms with van der Waals surface area (Å²) in [7, 11) is 5.30. The van der Waals surface area contributed by atoms with Crippen LogP contribution < -0.4 is 0 Å². The van der Waals surface area contributed by atoms with E-state index in [-0.39, 0.29) is 11.9 Å². The number of hydrogen-bond acceptors (Lipinski definition) is 3. The van der Waals surface area contributed by atoms with E-state index in [0.717, 1.165) is 10.0 Å². The standard InChI is InChI=1S/C12H16BrNO2/c1-14(2)8-11(12(15)16-3)9-4-6-10(13)7-5-9/h4-7,11H,8H2,1-3H3. The first-order chi connectivity index (χ1) is 7.54. The van der Waals surface area contributed by atoms with Crippen LogP contribution in [0.4, 0.5) is 0 Å². The second-order valence-corrected chi connectivity index (χ2v) is 4.81. The van der Waals surface area contributed by atoms with Crippen molar-refractivity contribution in [2.45, 2.75) is 5.92 Å². The Kier molecular flexibility index (Phi) is 4.96. The molecule has 0 aliphatic rings. The molecule has 1 aromatic rings. The summed E-state index contributed by atoms with van der Waals surface area (Å²) in [6.07, 6.45) is 0. The molecule has 16 heavy (non-hydrogen) atoms. The van der Waals surface area contributed by atoms with Gasteiger partial charge < -0.3 is 9.64 Å². The Morgan fingerprint density at radius 1 is 1.38 bits per heavy atom. The predicted molar refractivity (Wildman–Crippen MR) is 67.5 cm³/mol. The Labute approximate surface area is 105 Å². The minimum absolute atomic E-state index is 0.198. The van der Waals surface area contributed by atoms with Crippen LogP contribution in [0.15, 0.2) is 28.7 Å². The summed E-state index contributed by atoms with van der Waals surface area (Å²) in [6, 6.07) is 7.74. The van der Waals surface area contributed by atoms with Crippen molar-refractivity contribution in [1.29, 1.82) is 0 Å². The van der Waals surface area contributed by atoms with Gasteiger partial charge >= 0.3 is 5.97 Å². The molecular weight excluding hydrogens is 270 g/mol. The Morgan fingerprint density at radius 2 is 1.94 bits per heavy atom. The number of nitrogens with zero attached hydrogens (tertiary/aromatic N) is 1. The molecule has 88 valence electrons. The van der Waals surface area contributed by atoms with Gasteiger partial charge in [0.1, 0.15) is 0 Å². The average molecular weight is 286 g/mol. The van der Waals surface area contributed by atoms with Gasteiger partial charge in [0.05, 0.1) is 13.0 Å². The van der Waals surface area contributed by atoms with Gasteiger partial charge in [0.25, 0.3) is 0 Å². The first kappa shape index (κ1) is 13.2. The molecular formula is C12H16BrNO2. The summed E-state index contributed by atoms with van der Waals surface area (Å²) < 4.78 is 5.82. The summed E-state index contributed by atoms with van der Waals surface area (Å²) >= 11 is 3.37. The number of methoxy groups -OCH3 is 1. The molecule has 0 aliphatic heterocycles. The maximum absolute atomic E-state index is 11.7. The fourth-order valence-corrected chi connectivity index (χ4v) is 1.78. The molecule has 0 fully saturated rings. The summed E-state index contributed by atoms with van der Waals surface area (Å²) in [5.74, 6) is -0.427. The average Bonchev–Trinajstić information content (AvgIpc) is 2.26. The number of hydrogen-bond donors (Lipinski definition) is 0. The van der Waals surface area contributed by atoms with Crippen LogP contribution in [0.5, 0.6) is 0 Å². The van der Waals surface area contributed by atoms with Crippen molar-refractivity contribution in [3.8, 4) is 0 Å². The molecule has 0 radical (unpaired) electrons. The van der Waals surface area contributed by atoms with Gasteiger partial charge in [-0.1, -0.05) is 28.1 Å². The molecule has 1 rings (SSSR count). The zero-order chi connectivity index (χ0) is 12.1. The fraction of sp³-hybridized carbons (Fsp3) is 0.417. The van der Waals surface area contributed by atoms with Crippen molar-refractivity contribution < 1.29 is 9.53 Å². The molecule has 0 aromatic heterocycles. The van der Waals surface area contributed by atoms with Gasteiger partial charge in [0.2, 0.25) is 0 Å². The highest BCUT2D eigenvalue weighted by Crippen LogP contribution is 2.20. The summed E-state index contributed by atoms with van der Waals surface area (Å²) in [6.45, 7) is 0.647. The van der Waals surface area contributed by atoms with Crippen molar-refractivity contribution in [2.24, 2.45) is 0 Å². The molecule has 1 aromatic carbocycles. The molecule has 0 heterocycles. The van der Waals surface area contributed by atoms with Crippen LogP contribution in [0, 0.1) is 0 Å². The molecule has 0 N–H and O–H groups in total. The van der Waals surface area contributed by atoms with Crippen LogP contribution in [0.25, 0.3) is 0 Å². The van der Waals surface area contributed by atoms with E-state index in [0.29, 0.717) is 6.54 Å². The summed E-state index contributed by atoms with van der Waals surface area (Å²) in [5, 5.41) is 0. The Bertz CT molecular complexity index is 349. The van der Waals surface area contributed by atoms with Crippen LogP contribution >= 0.6 is 15.9 Å². The second kappa shape index (κ2) is 6.01. The molecule has 1 unspecified atom stereocenters. The first-order valence-corrected chi connectivity index (χ1v) is 5.82. The van der Waals surface area contributed by atoms with Crippen molar-refractivity contribution in [2.75, 3.05) is 27.7 Å². The van der Waals surface area contributed by atoms with Gasteiger partial charge in [-0.15, -0.1) is 0 Å². The minimum atomic E-state index is -0.229. The Hall–Kier alpha value is -0.870. The van der Waals surface area contributed by atoms with Gasteiger partial charge in [0, 0.05) is 11.0 Å². The van der Waals surface area contributed by atoms with Crippen LogP contribution in [0.3, 0.4) is 0 Å². The molecule has 0 spiro atoms. The van der Waals surface area contributed by atoms with E-state index in [4.69, 9.17) is 4.74 Å². The zero-order valence-corrected chi connectivity index (χ0v) is 11.3. The summed E-state index contributed by atoms with van der Waals surface area (Å²) in [5.41, 5.74) is 0.976. The first-order valence-electron chi connectivity index (χ1n) is 5.02. The van der Waals surface area contributed by atoms with Gasteiger partial charge in [0.15, 0.2) is 0 Å². The topological polar surface area (TPSA) is 29.5 Å². The quantitative estimate of drug-likeness (QED) is 0.795. The maximum atomic E-state index is 11.7. The fourth-order valence-electron chi connectivity index (χ4n) is 1.52. The lowest BCUT2D eigenvalue weighted by Crippen LogP contribution is -2.27. The molecule has 4 heteroatoms. The largest absolute Gasteiger partial charge is 0.469 e. The van der Waals surface area contributed by atoms with E-state index in [1.54, 1.807) is 0 Å². The van der Waals surface area contributed by atoms with Crippen molar-refractivity contribution >= 4 is 21.9 Å². The molecule has 0 amide bonds. The minimum Gasteiger partial charge on any atom is -0.469 e. The molecule has 0 saturated carbocycles. The lowest BCUT2D eigenvalue weighted by atomic mass is 9.99. The van der Waals surface area contributed by atoms with E-state index < -0.39 is 0 Å². The molecule has 1 atom stereocenters. The highest BCUT2D eigenvalue weighted by molar-refractivity contribution is 9.10. The highest BCUT2D eigenvalue weighted by Gasteiger charge is 2.21. The van der Waals surface area contributed by atoms with Crippen molar-refractivity contribution in [3.63, 3.8) is 0 Å². The van der Waals surface area contributed by atoms with E-state index in [2.05, 4.69) is 15.9 Å². The number of ether oxygens (including phenoxy) is 1. The smallest absolute Gasteiger partial charge is 0.314 e. The number of carbonyl (C=O) groups excluding carboxylic acids is 1. The Morgan fingerprint density at radius 3 is 2.38 bits per heavy atom. The van der Waals surface area contributed by atoms with E-state index in [1.165, 1.54) is 7.11 Å². The monoisotopic (exact) mass is 285 g/mol. The lowest BCUT2D eigenvalue weighted by molar-refractivity contribution is -0.142. The third-order valence-corrected chi connectivity index (χ3v) is 2.83. The third kappa shape index (κ3) is 3.61. The number of carbonyl (C=O) groups is 1. The number of rotatable bonds is 4. The normalized spacial score (nSPS) is 12.6. The van der Waals surface area contributed by atoms with E-state index in [9.17, 15) is 4.79 Å². The maximum Gasteiger partial charge on any atom is 0.314 e. The number of halogens is 1. The van der Waals surface area contributed by atoms with Gasteiger partial charge in [-0.05, 0) is 31.8 Å².